The molecule has 0 radical (unpaired) electrons. The Hall–Kier alpha value is -3.20. The van der Waals surface area contributed by atoms with Gasteiger partial charge in [-0.15, -0.1) is 11.3 Å². The summed E-state index contributed by atoms with van der Waals surface area (Å²) in [5, 5.41) is 14.1. The van der Waals surface area contributed by atoms with Gasteiger partial charge in [-0.05, 0) is 12.1 Å². The van der Waals surface area contributed by atoms with Crippen LogP contribution >= 0.6 is 11.3 Å². The number of anilines is 1. The van der Waals surface area contributed by atoms with Gasteiger partial charge in [-0.1, -0.05) is 18.2 Å². The van der Waals surface area contributed by atoms with Gasteiger partial charge in [0.1, 0.15) is 15.5 Å². The van der Waals surface area contributed by atoms with Crippen LogP contribution in [0.15, 0.2) is 40.8 Å². The summed E-state index contributed by atoms with van der Waals surface area (Å²) in [7, 11) is 1.25. The topological polar surface area (TPSA) is 112 Å². The summed E-state index contributed by atoms with van der Waals surface area (Å²) in [4.78, 5) is 34.1. The number of hydrogen-bond acceptors (Lipinski definition) is 7. The van der Waals surface area contributed by atoms with Crippen LogP contribution in [-0.4, -0.2) is 23.9 Å². The van der Waals surface area contributed by atoms with Gasteiger partial charge in [-0.3, -0.25) is 14.9 Å². The fourth-order valence-electron chi connectivity index (χ4n) is 2.15. The average molecular weight is 346 g/mol. The fraction of sp³-hybridized carbons (Fsp3) is 0.0667. The van der Waals surface area contributed by atoms with E-state index in [4.69, 9.17) is 9.15 Å². The van der Waals surface area contributed by atoms with Gasteiger partial charge in [0, 0.05) is 10.1 Å². The summed E-state index contributed by atoms with van der Waals surface area (Å²) < 4.78 is 10.4. The number of benzene rings is 1. The lowest BCUT2D eigenvalue weighted by atomic mass is 10.1. The smallest absolute Gasteiger partial charge is 0.433 e. The second-order valence-electron chi connectivity index (χ2n) is 4.64. The zero-order chi connectivity index (χ0) is 17.3. The lowest BCUT2D eigenvalue weighted by Crippen LogP contribution is -2.13. The minimum atomic E-state index is -0.740. The standard InChI is InChI=1S/C15H10N2O6S/c1-22-15(19)12-8-4-2-3-5-10(8)24-14(12)16-13(18)9-6-7-11(23-9)17(20)21/h2-7H,1H3,(H,16,18). The first-order chi connectivity index (χ1) is 11.5. The average Bonchev–Trinajstić information content (AvgIpc) is 3.18. The maximum atomic E-state index is 12.2. The predicted molar refractivity (Wildman–Crippen MR) is 86.5 cm³/mol. The van der Waals surface area contributed by atoms with Crippen LogP contribution in [0.25, 0.3) is 10.1 Å². The molecule has 3 rings (SSSR count). The molecule has 0 fully saturated rings. The normalized spacial score (nSPS) is 10.5. The van der Waals surface area contributed by atoms with Gasteiger partial charge < -0.3 is 14.5 Å². The van der Waals surface area contributed by atoms with E-state index in [2.05, 4.69) is 5.32 Å². The van der Waals surface area contributed by atoms with E-state index < -0.39 is 22.7 Å². The number of hydrogen-bond donors (Lipinski definition) is 1. The molecule has 0 saturated heterocycles. The van der Waals surface area contributed by atoms with E-state index in [1.807, 2.05) is 0 Å². The third kappa shape index (κ3) is 2.72. The molecule has 122 valence electrons. The number of nitrogens with one attached hydrogen (secondary N) is 1. The Balaban J connectivity index is 1.98. The van der Waals surface area contributed by atoms with Crippen molar-refractivity contribution < 1.29 is 23.7 Å². The number of furan rings is 1. The Bertz CT molecular complexity index is 958. The van der Waals surface area contributed by atoms with E-state index in [0.29, 0.717) is 5.39 Å². The second kappa shape index (κ2) is 6.13. The zero-order valence-corrected chi connectivity index (χ0v) is 13.1. The minimum absolute atomic E-state index is 0.227. The molecule has 0 saturated carbocycles. The van der Waals surface area contributed by atoms with Crippen LogP contribution in [0.4, 0.5) is 10.9 Å². The lowest BCUT2D eigenvalue weighted by Gasteiger charge is -2.03. The molecule has 0 aliphatic rings. The number of carbonyl (C=O) groups is 2. The first-order valence-corrected chi connectivity index (χ1v) is 7.48. The van der Waals surface area contributed by atoms with Crippen molar-refractivity contribution in [1.29, 1.82) is 0 Å². The van der Waals surface area contributed by atoms with Crippen LogP contribution in [0.5, 0.6) is 0 Å². The van der Waals surface area contributed by atoms with Crippen LogP contribution in [0, 0.1) is 10.1 Å². The molecule has 0 bridgehead atoms. The summed E-state index contributed by atoms with van der Waals surface area (Å²) in [5.74, 6) is -2.05. The van der Waals surface area contributed by atoms with Crippen molar-refractivity contribution in [2.75, 3.05) is 12.4 Å². The highest BCUT2D eigenvalue weighted by Crippen LogP contribution is 2.36. The number of methoxy groups -OCH3 is 1. The van der Waals surface area contributed by atoms with Crippen molar-refractivity contribution in [2.24, 2.45) is 0 Å². The molecule has 1 amide bonds. The van der Waals surface area contributed by atoms with Crippen molar-refractivity contribution in [1.82, 2.24) is 0 Å². The molecule has 0 aliphatic carbocycles. The zero-order valence-electron chi connectivity index (χ0n) is 12.3. The molecule has 24 heavy (non-hydrogen) atoms. The Morgan fingerprint density at radius 1 is 1.25 bits per heavy atom. The molecular formula is C15H10N2O6S. The molecular weight excluding hydrogens is 336 g/mol. The number of fused-ring (bicyclic) bond motifs is 1. The van der Waals surface area contributed by atoms with Crippen LogP contribution in [-0.2, 0) is 4.74 Å². The molecule has 0 unspecified atom stereocenters. The van der Waals surface area contributed by atoms with Gasteiger partial charge >= 0.3 is 11.9 Å². The van der Waals surface area contributed by atoms with Gasteiger partial charge in [0.15, 0.2) is 5.76 Å². The van der Waals surface area contributed by atoms with E-state index in [1.54, 1.807) is 24.3 Å². The van der Waals surface area contributed by atoms with Crippen molar-refractivity contribution in [3.8, 4) is 0 Å². The summed E-state index contributed by atoms with van der Waals surface area (Å²) >= 11 is 1.20. The van der Waals surface area contributed by atoms with Crippen LogP contribution in [0.3, 0.4) is 0 Å². The molecule has 0 atom stereocenters. The van der Waals surface area contributed by atoms with Gasteiger partial charge in [0.05, 0.1) is 13.2 Å². The Morgan fingerprint density at radius 2 is 2.00 bits per heavy atom. The highest BCUT2D eigenvalue weighted by molar-refractivity contribution is 7.23. The summed E-state index contributed by atoms with van der Waals surface area (Å²) in [5.41, 5.74) is 0.229. The molecule has 2 aromatic heterocycles. The van der Waals surface area contributed by atoms with Gasteiger partial charge in [0.25, 0.3) is 5.91 Å². The van der Waals surface area contributed by atoms with E-state index in [0.717, 1.165) is 10.8 Å². The van der Waals surface area contributed by atoms with Crippen molar-refractivity contribution in [3.63, 3.8) is 0 Å². The number of rotatable bonds is 4. The number of ether oxygens (including phenoxy) is 1. The highest BCUT2D eigenvalue weighted by atomic mass is 32.1. The summed E-state index contributed by atoms with van der Waals surface area (Å²) in [6.07, 6.45) is 0. The quantitative estimate of drug-likeness (QED) is 0.440. The SMILES string of the molecule is COC(=O)c1c(NC(=O)c2ccc([N+](=O)[O-])o2)sc2ccccc12. The van der Waals surface area contributed by atoms with E-state index in [-0.39, 0.29) is 16.3 Å². The van der Waals surface area contributed by atoms with Crippen molar-refractivity contribution in [3.05, 3.63) is 57.8 Å². The van der Waals surface area contributed by atoms with E-state index in [9.17, 15) is 19.7 Å². The van der Waals surface area contributed by atoms with Gasteiger partial charge in [-0.25, -0.2) is 4.79 Å². The summed E-state index contributed by atoms with van der Waals surface area (Å²) in [6, 6.07) is 9.40. The van der Waals surface area contributed by atoms with Gasteiger partial charge in [0.2, 0.25) is 0 Å². The van der Waals surface area contributed by atoms with Crippen LogP contribution in [0.1, 0.15) is 20.9 Å². The highest BCUT2D eigenvalue weighted by Gasteiger charge is 2.23. The fourth-order valence-corrected chi connectivity index (χ4v) is 3.24. The lowest BCUT2D eigenvalue weighted by molar-refractivity contribution is -0.402. The molecule has 3 aromatic rings. The maximum Gasteiger partial charge on any atom is 0.433 e. The molecule has 8 nitrogen and oxygen atoms in total. The minimum Gasteiger partial charge on any atom is -0.465 e. The Labute approximate surface area is 138 Å². The van der Waals surface area contributed by atoms with E-state index in [1.165, 1.54) is 24.5 Å². The Morgan fingerprint density at radius 3 is 2.67 bits per heavy atom. The molecule has 2 heterocycles. The molecule has 0 aliphatic heterocycles. The first-order valence-electron chi connectivity index (χ1n) is 6.66. The number of thiophene rings is 1. The van der Waals surface area contributed by atoms with Gasteiger partial charge in [-0.2, -0.15) is 0 Å². The molecule has 0 spiro atoms. The number of esters is 1. The summed E-state index contributed by atoms with van der Waals surface area (Å²) in [6.45, 7) is 0. The maximum absolute atomic E-state index is 12.2. The third-order valence-electron chi connectivity index (χ3n) is 3.21. The number of nitrogens with zero attached hydrogens (tertiary/aromatic N) is 1. The first kappa shape index (κ1) is 15.7. The number of amides is 1. The van der Waals surface area contributed by atoms with Crippen molar-refractivity contribution in [2.45, 2.75) is 0 Å². The Kier molecular flexibility index (Phi) is 4.00. The monoisotopic (exact) mass is 346 g/mol. The van der Waals surface area contributed by atoms with E-state index >= 15 is 0 Å². The van der Waals surface area contributed by atoms with Crippen molar-refractivity contribution >= 4 is 44.2 Å². The number of nitro groups is 1. The third-order valence-corrected chi connectivity index (χ3v) is 4.29. The second-order valence-corrected chi connectivity index (χ2v) is 5.70. The molecule has 9 heteroatoms. The number of carbonyl (C=O) groups excluding carboxylic acids is 2. The molecule has 1 aromatic carbocycles. The molecule has 1 N–H and O–H groups in total. The predicted octanol–water partition coefficient (Wildman–Crippen LogP) is 3.44. The van der Waals surface area contributed by atoms with Crippen LogP contribution < -0.4 is 5.32 Å². The van der Waals surface area contributed by atoms with Crippen LogP contribution in [0.2, 0.25) is 0 Å². The largest absolute Gasteiger partial charge is 0.465 e.